The molecule has 0 fully saturated rings. The third-order valence-electron chi connectivity index (χ3n) is 3.45. The largest absolute Gasteiger partial charge is 0.352 e. The zero-order valence-electron chi connectivity index (χ0n) is 13.6. The van der Waals surface area contributed by atoms with Gasteiger partial charge in [-0.25, -0.2) is 9.97 Å². The number of rotatable bonds is 6. The fourth-order valence-corrected chi connectivity index (χ4v) is 3.15. The Morgan fingerprint density at radius 1 is 1.16 bits per heavy atom. The van der Waals surface area contributed by atoms with E-state index in [2.05, 4.69) is 20.6 Å². The maximum atomic E-state index is 12.1. The van der Waals surface area contributed by atoms with Crippen molar-refractivity contribution in [1.82, 2.24) is 15.3 Å². The van der Waals surface area contributed by atoms with Crippen LogP contribution in [0.2, 0.25) is 5.02 Å². The summed E-state index contributed by atoms with van der Waals surface area (Å²) in [5.41, 5.74) is 2.54. The maximum Gasteiger partial charge on any atom is 0.226 e. The molecule has 0 atom stereocenters. The molecule has 0 aliphatic heterocycles. The number of aromatic nitrogens is 2. The molecule has 2 aromatic heterocycles. The molecule has 5 nitrogen and oxygen atoms in total. The number of nitrogens with one attached hydrogen (secondary N) is 2. The topological polar surface area (TPSA) is 66.9 Å². The first-order valence-electron chi connectivity index (χ1n) is 7.75. The lowest BCUT2D eigenvalue weighted by Crippen LogP contribution is -2.24. The van der Waals surface area contributed by atoms with Crippen LogP contribution in [0.3, 0.4) is 0 Å². The monoisotopic (exact) mass is 372 g/mol. The summed E-state index contributed by atoms with van der Waals surface area (Å²) in [6, 6.07) is 13.2. The van der Waals surface area contributed by atoms with E-state index in [1.165, 1.54) is 11.3 Å². The highest BCUT2D eigenvalue weighted by Crippen LogP contribution is 2.20. The number of nitrogens with zero attached hydrogens (tertiary/aromatic N) is 2. The number of aryl methyl sites for hydroxylation is 1. The van der Waals surface area contributed by atoms with Crippen LogP contribution in [0, 0.1) is 6.92 Å². The first kappa shape index (κ1) is 17.4. The van der Waals surface area contributed by atoms with Gasteiger partial charge in [0.05, 0.1) is 12.1 Å². The van der Waals surface area contributed by atoms with Gasteiger partial charge in [-0.15, -0.1) is 11.3 Å². The molecule has 0 spiro atoms. The van der Waals surface area contributed by atoms with Gasteiger partial charge in [-0.1, -0.05) is 35.9 Å². The minimum Gasteiger partial charge on any atom is -0.352 e. The molecule has 0 aliphatic rings. The van der Waals surface area contributed by atoms with Crippen molar-refractivity contribution in [3.05, 3.63) is 69.8 Å². The first-order valence-corrected chi connectivity index (χ1v) is 9.01. The lowest BCUT2D eigenvalue weighted by molar-refractivity contribution is -0.120. The smallest absolute Gasteiger partial charge is 0.226 e. The highest BCUT2D eigenvalue weighted by molar-refractivity contribution is 7.13. The molecule has 3 rings (SSSR count). The number of benzene rings is 1. The lowest BCUT2D eigenvalue weighted by atomic mass is 10.2. The van der Waals surface area contributed by atoms with Gasteiger partial charge in [0.25, 0.3) is 0 Å². The van der Waals surface area contributed by atoms with E-state index in [9.17, 15) is 4.79 Å². The van der Waals surface area contributed by atoms with E-state index < -0.39 is 0 Å². The van der Waals surface area contributed by atoms with E-state index >= 15 is 0 Å². The summed E-state index contributed by atoms with van der Waals surface area (Å²) in [6.45, 7) is 2.34. The van der Waals surface area contributed by atoms with E-state index in [4.69, 9.17) is 11.6 Å². The Kier molecular flexibility index (Phi) is 5.63. The highest BCUT2D eigenvalue weighted by atomic mass is 35.5. The number of carbonyl (C=O) groups is 1. The maximum absolute atomic E-state index is 12.1. The Morgan fingerprint density at radius 2 is 2.00 bits per heavy atom. The number of thiazole rings is 1. The minimum absolute atomic E-state index is 0.0922. The predicted octanol–water partition coefficient (Wildman–Crippen LogP) is 4.10. The predicted molar refractivity (Wildman–Crippen MR) is 101 cm³/mol. The molecule has 1 amide bonds. The van der Waals surface area contributed by atoms with Crippen LogP contribution in [-0.2, 0) is 17.8 Å². The van der Waals surface area contributed by atoms with Crippen molar-refractivity contribution >= 4 is 39.8 Å². The average molecular weight is 373 g/mol. The molecule has 0 bridgehead atoms. The number of halogens is 1. The zero-order chi connectivity index (χ0) is 17.6. The van der Waals surface area contributed by atoms with Crippen LogP contribution in [0.5, 0.6) is 0 Å². The number of pyridine rings is 1. The number of anilines is 2. The van der Waals surface area contributed by atoms with E-state index in [1.807, 2.05) is 48.7 Å². The third kappa shape index (κ3) is 5.01. The van der Waals surface area contributed by atoms with E-state index in [-0.39, 0.29) is 12.3 Å². The highest BCUT2D eigenvalue weighted by Gasteiger charge is 2.09. The average Bonchev–Trinajstić information content (AvgIpc) is 3.01. The number of hydrogen-bond donors (Lipinski definition) is 2. The zero-order valence-corrected chi connectivity index (χ0v) is 15.2. The van der Waals surface area contributed by atoms with Crippen LogP contribution < -0.4 is 10.6 Å². The molecule has 0 radical (unpaired) electrons. The summed E-state index contributed by atoms with van der Waals surface area (Å²) in [7, 11) is 0. The Morgan fingerprint density at radius 3 is 2.80 bits per heavy atom. The van der Waals surface area contributed by atoms with Gasteiger partial charge in [-0.05, 0) is 30.7 Å². The second kappa shape index (κ2) is 8.09. The van der Waals surface area contributed by atoms with E-state index in [0.717, 1.165) is 22.8 Å². The van der Waals surface area contributed by atoms with Gasteiger partial charge in [-0.2, -0.15) is 0 Å². The first-order chi connectivity index (χ1) is 12.1. The van der Waals surface area contributed by atoms with Gasteiger partial charge in [0, 0.05) is 22.6 Å². The van der Waals surface area contributed by atoms with Crippen molar-refractivity contribution in [1.29, 1.82) is 0 Å². The molecule has 0 saturated carbocycles. The third-order valence-corrected chi connectivity index (χ3v) is 4.63. The van der Waals surface area contributed by atoms with Crippen molar-refractivity contribution in [2.45, 2.75) is 19.9 Å². The summed E-state index contributed by atoms with van der Waals surface area (Å²) in [5.74, 6) is 0.648. The normalized spacial score (nSPS) is 10.5. The summed E-state index contributed by atoms with van der Waals surface area (Å²) in [5, 5.41) is 9.24. The molecule has 7 heteroatoms. The Hall–Kier alpha value is -2.44. The van der Waals surface area contributed by atoms with Crippen LogP contribution in [0.4, 0.5) is 10.9 Å². The van der Waals surface area contributed by atoms with E-state index in [1.54, 1.807) is 6.07 Å². The summed E-state index contributed by atoms with van der Waals surface area (Å²) in [6.07, 6.45) is 0.226. The van der Waals surface area contributed by atoms with Crippen LogP contribution in [0.1, 0.15) is 17.0 Å². The van der Waals surface area contributed by atoms with Gasteiger partial charge >= 0.3 is 0 Å². The second-order valence-electron chi connectivity index (χ2n) is 5.48. The molecule has 0 saturated heterocycles. The van der Waals surface area contributed by atoms with Gasteiger partial charge in [-0.3, -0.25) is 4.79 Å². The number of amides is 1. The molecule has 2 N–H and O–H groups in total. The molecule has 0 unspecified atom stereocenters. The molecule has 25 heavy (non-hydrogen) atoms. The lowest BCUT2D eigenvalue weighted by Gasteiger charge is -2.06. The van der Waals surface area contributed by atoms with Crippen LogP contribution in [0.25, 0.3) is 0 Å². The molecule has 1 aromatic carbocycles. The SMILES string of the molecule is Cc1cccc(Nc2nc(CC(=O)NCc3ccccc3Cl)cs2)n1. The molecule has 2 heterocycles. The van der Waals surface area contributed by atoms with Crippen LogP contribution in [0.15, 0.2) is 47.8 Å². The van der Waals surface area contributed by atoms with Crippen LogP contribution in [-0.4, -0.2) is 15.9 Å². The van der Waals surface area contributed by atoms with Crippen molar-refractivity contribution in [3.8, 4) is 0 Å². The molecule has 128 valence electrons. The quantitative estimate of drug-likeness (QED) is 0.683. The van der Waals surface area contributed by atoms with Gasteiger partial charge in [0.15, 0.2) is 5.13 Å². The molecular formula is C18H17ClN4OS. The van der Waals surface area contributed by atoms with Crippen molar-refractivity contribution in [2.75, 3.05) is 5.32 Å². The number of carbonyl (C=O) groups excluding carboxylic acids is 1. The standard InChI is InChI=1S/C18H17ClN4OS/c1-12-5-4-8-16(21-12)23-18-22-14(11-25-18)9-17(24)20-10-13-6-2-3-7-15(13)19/h2-8,11H,9-10H2,1H3,(H,20,24)(H,21,22,23). The van der Waals surface area contributed by atoms with Crippen molar-refractivity contribution in [3.63, 3.8) is 0 Å². The molecule has 3 aromatic rings. The van der Waals surface area contributed by atoms with Crippen LogP contribution >= 0.6 is 22.9 Å². The second-order valence-corrected chi connectivity index (χ2v) is 6.74. The summed E-state index contributed by atoms with van der Waals surface area (Å²) < 4.78 is 0. The van der Waals surface area contributed by atoms with E-state index in [0.29, 0.717) is 16.7 Å². The Bertz CT molecular complexity index is 881. The van der Waals surface area contributed by atoms with Crippen molar-refractivity contribution in [2.24, 2.45) is 0 Å². The Balaban J connectivity index is 1.54. The minimum atomic E-state index is -0.0922. The molecular weight excluding hydrogens is 356 g/mol. The molecule has 0 aliphatic carbocycles. The summed E-state index contributed by atoms with van der Waals surface area (Å²) >= 11 is 7.53. The number of hydrogen-bond acceptors (Lipinski definition) is 5. The fraction of sp³-hybridized carbons (Fsp3) is 0.167. The van der Waals surface area contributed by atoms with Gasteiger partial charge in [0.2, 0.25) is 5.91 Å². The fourth-order valence-electron chi connectivity index (χ4n) is 2.23. The van der Waals surface area contributed by atoms with Gasteiger partial charge < -0.3 is 10.6 Å². The Labute approximate surface area is 155 Å². The van der Waals surface area contributed by atoms with Crippen molar-refractivity contribution < 1.29 is 4.79 Å². The summed E-state index contributed by atoms with van der Waals surface area (Å²) in [4.78, 5) is 20.9. The van der Waals surface area contributed by atoms with Gasteiger partial charge in [0.1, 0.15) is 5.82 Å².